The molecule has 36 heavy (non-hydrogen) atoms. The summed E-state index contributed by atoms with van der Waals surface area (Å²) in [5.74, 6) is 13.4. The summed E-state index contributed by atoms with van der Waals surface area (Å²) >= 11 is 0. The van der Waals surface area contributed by atoms with E-state index in [-0.39, 0.29) is 19.8 Å². The van der Waals surface area contributed by atoms with Crippen molar-refractivity contribution in [2.45, 2.75) is 26.2 Å². The van der Waals surface area contributed by atoms with E-state index in [9.17, 15) is 15.3 Å². The lowest BCUT2D eigenvalue weighted by Crippen LogP contribution is -2.35. The Labute approximate surface area is 214 Å². The Bertz CT molecular complexity index is 1240. The Morgan fingerprint density at radius 3 is 1.50 bits per heavy atom. The number of benzene rings is 3. The topological polar surface area (TPSA) is 69.9 Å². The third-order valence-electron chi connectivity index (χ3n) is 5.62. The summed E-state index contributed by atoms with van der Waals surface area (Å²) in [6.07, 6.45) is 1.01. The van der Waals surface area contributed by atoms with E-state index in [1.165, 1.54) is 0 Å². The largest absolute Gasteiger partial charge is 0.493 e. The van der Waals surface area contributed by atoms with Crippen LogP contribution in [-0.2, 0) is 19.8 Å². The van der Waals surface area contributed by atoms with Crippen LogP contribution in [0.4, 0.5) is 0 Å². The van der Waals surface area contributed by atoms with E-state index in [1.807, 2.05) is 48.5 Å². The minimum absolute atomic E-state index is 0.224. The lowest BCUT2D eigenvalue weighted by atomic mass is 9.98. The second kappa shape index (κ2) is 12.9. The fourth-order valence-corrected chi connectivity index (χ4v) is 3.64. The van der Waals surface area contributed by atoms with E-state index in [0.29, 0.717) is 28.9 Å². The maximum absolute atomic E-state index is 9.56. The van der Waals surface area contributed by atoms with Crippen LogP contribution in [0, 0.1) is 23.7 Å². The highest BCUT2D eigenvalue weighted by Crippen LogP contribution is 2.19. The molecule has 0 aliphatic heterocycles. The summed E-state index contributed by atoms with van der Waals surface area (Å²) in [6, 6.07) is 19.0. The Kier molecular flexibility index (Phi) is 9.70. The van der Waals surface area contributed by atoms with E-state index < -0.39 is 0 Å². The second-order valence-corrected chi connectivity index (χ2v) is 9.57. The highest BCUT2D eigenvalue weighted by Gasteiger charge is 2.09. The molecule has 0 aliphatic rings. The minimum atomic E-state index is -0.239. The number of quaternary nitrogens is 1. The molecule has 0 atom stereocenters. The van der Waals surface area contributed by atoms with Crippen LogP contribution in [0.3, 0.4) is 0 Å². The van der Waals surface area contributed by atoms with E-state index in [4.69, 9.17) is 4.74 Å². The molecule has 0 radical (unpaired) electrons. The van der Waals surface area contributed by atoms with Crippen LogP contribution in [0.25, 0.3) is 0 Å². The summed E-state index contributed by atoms with van der Waals surface area (Å²) in [5, 5.41) is 28.6. The van der Waals surface area contributed by atoms with Gasteiger partial charge in [0.05, 0.1) is 54.1 Å². The van der Waals surface area contributed by atoms with Crippen molar-refractivity contribution in [2.24, 2.45) is 0 Å². The number of nitrogens with zero attached hydrogens (tertiary/aromatic N) is 1. The van der Waals surface area contributed by atoms with Gasteiger partial charge < -0.3 is 24.5 Å². The predicted molar refractivity (Wildman–Crippen MR) is 142 cm³/mol. The molecule has 0 bridgehead atoms. The SMILES string of the molecule is C[N+](C)(C)CCCOc1ccc(C#Cc2ccc(C#Cc3cc(CO)c(CO)c(CO)c3)cc2)cc1. The maximum Gasteiger partial charge on any atom is 0.119 e. The van der Waals surface area contributed by atoms with Crippen molar-refractivity contribution >= 4 is 0 Å². The fourth-order valence-electron chi connectivity index (χ4n) is 3.64. The summed E-state index contributed by atoms with van der Waals surface area (Å²) in [4.78, 5) is 0. The van der Waals surface area contributed by atoms with Gasteiger partial charge in [0.1, 0.15) is 5.75 Å². The molecule has 5 heteroatoms. The van der Waals surface area contributed by atoms with Crippen LogP contribution >= 0.6 is 0 Å². The minimum Gasteiger partial charge on any atom is -0.493 e. The number of hydrogen-bond acceptors (Lipinski definition) is 4. The van der Waals surface area contributed by atoms with Crippen molar-refractivity contribution in [1.29, 1.82) is 0 Å². The van der Waals surface area contributed by atoms with Crippen LogP contribution in [0.15, 0.2) is 60.7 Å². The first-order valence-corrected chi connectivity index (χ1v) is 12.0. The molecule has 5 nitrogen and oxygen atoms in total. The van der Waals surface area contributed by atoms with E-state index in [1.54, 1.807) is 12.1 Å². The molecule has 0 aromatic heterocycles. The third kappa shape index (κ3) is 8.27. The van der Waals surface area contributed by atoms with Crippen molar-refractivity contribution in [3.8, 4) is 29.4 Å². The lowest BCUT2D eigenvalue weighted by molar-refractivity contribution is -0.870. The van der Waals surface area contributed by atoms with Crippen LogP contribution in [0.2, 0.25) is 0 Å². The lowest BCUT2D eigenvalue weighted by Gasteiger charge is -2.23. The Balaban J connectivity index is 1.61. The van der Waals surface area contributed by atoms with Gasteiger partial charge in [0, 0.05) is 28.7 Å². The van der Waals surface area contributed by atoms with Gasteiger partial charge in [-0.3, -0.25) is 0 Å². The van der Waals surface area contributed by atoms with Gasteiger partial charge in [0.15, 0.2) is 0 Å². The summed E-state index contributed by atoms with van der Waals surface area (Å²) < 4.78 is 6.75. The van der Waals surface area contributed by atoms with Gasteiger partial charge in [-0.1, -0.05) is 23.7 Å². The molecule has 0 aliphatic carbocycles. The first-order valence-electron chi connectivity index (χ1n) is 12.0. The molecular formula is C31H34NO4+. The zero-order valence-electron chi connectivity index (χ0n) is 21.2. The van der Waals surface area contributed by atoms with E-state index in [0.717, 1.165) is 39.9 Å². The fraction of sp³-hybridized carbons (Fsp3) is 0.290. The van der Waals surface area contributed by atoms with Crippen molar-refractivity contribution in [2.75, 3.05) is 34.3 Å². The molecule has 3 aromatic carbocycles. The summed E-state index contributed by atoms with van der Waals surface area (Å²) in [5.41, 5.74) is 4.99. The second-order valence-electron chi connectivity index (χ2n) is 9.57. The van der Waals surface area contributed by atoms with Gasteiger partial charge in [-0.15, -0.1) is 0 Å². The first-order chi connectivity index (χ1) is 17.3. The zero-order valence-corrected chi connectivity index (χ0v) is 21.2. The predicted octanol–water partition coefficient (Wildman–Crippen LogP) is 3.44. The highest BCUT2D eigenvalue weighted by molar-refractivity contribution is 5.50. The van der Waals surface area contributed by atoms with Gasteiger partial charge in [-0.2, -0.15) is 0 Å². The molecule has 3 rings (SSSR count). The molecule has 0 saturated heterocycles. The van der Waals surface area contributed by atoms with Crippen molar-refractivity contribution < 1.29 is 24.5 Å². The monoisotopic (exact) mass is 484 g/mol. The van der Waals surface area contributed by atoms with Crippen molar-refractivity contribution in [3.63, 3.8) is 0 Å². The normalized spacial score (nSPS) is 10.7. The third-order valence-corrected chi connectivity index (χ3v) is 5.62. The molecule has 0 fully saturated rings. The van der Waals surface area contributed by atoms with Gasteiger partial charge in [-0.25, -0.2) is 0 Å². The number of hydrogen-bond donors (Lipinski definition) is 3. The van der Waals surface area contributed by atoms with Gasteiger partial charge in [-0.05, 0) is 77.4 Å². The van der Waals surface area contributed by atoms with Crippen molar-refractivity contribution in [3.05, 3.63) is 99.6 Å². The number of aliphatic hydroxyl groups is 3. The zero-order chi connectivity index (χ0) is 26.0. The van der Waals surface area contributed by atoms with Crippen LogP contribution in [-0.4, -0.2) is 54.1 Å². The average molecular weight is 485 g/mol. The Morgan fingerprint density at radius 2 is 1.08 bits per heavy atom. The van der Waals surface area contributed by atoms with Crippen LogP contribution in [0.5, 0.6) is 5.75 Å². The molecule has 0 saturated carbocycles. The quantitative estimate of drug-likeness (QED) is 0.260. The first kappa shape index (κ1) is 27.0. The Hall–Kier alpha value is -3.58. The van der Waals surface area contributed by atoms with Gasteiger partial charge in [0.2, 0.25) is 0 Å². The molecule has 186 valence electrons. The molecule has 0 heterocycles. The van der Waals surface area contributed by atoms with Crippen molar-refractivity contribution in [1.82, 2.24) is 0 Å². The summed E-state index contributed by atoms with van der Waals surface area (Å²) in [7, 11) is 6.53. The molecule has 0 unspecified atom stereocenters. The molecule has 0 amide bonds. The van der Waals surface area contributed by atoms with E-state index in [2.05, 4.69) is 44.8 Å². The molecule has 3 N–H and O–H groups in total. The standard InChI is InChI=1S/C31H34NO4/c1-32(2,3)17-4-18-36-30-15-13-26(14-16-30)10-9-24-5-7-25(8-6-24)11-12-27-19-28(21-33)31(23-35)29(20-27)22-34/h5-8,13-16,19-20,33-35H,4,17-18,21-23H2,1-3H3/q+1. The molecule has 3 aromatic rings. The average Bonchev–Trinajstić information content (AvgIpc) is 2.88. The van der Waals surface area contributed by atoms with Crippen LogP contribution < -0.4 is 4.74 Å². The number of ether oxygens (including phenoxy) is 1. The highest BCUT2D eigenvalue weighted by atomic mass is 16.5. The number of aliphatic hydroxyl groups excluding tert-OH is 3. The Morgan fingerprint density at radius 1 is 0.639 bits per heavy atom. The number of rotatable bonds is 8. The summed E-state index contributed by atoms with van der Waals surface area (Å²) in [6.45, 7) is 1.09. The molecule has 0 spiro atoms. The smallest absolute Gasteiger partial charge is 0.119 e. The van der Waals surface area contributed by atoms with E-state index >= 15 is 0 Å². The van der Waals surface area contributed by atoms with Gasteiger partial charge in [0.25, 0.3) is 0 Å². The molecular weight excluding hydrogens is 450 g/mol. The van der Waals surface area contributed by atoms with Crippen LogP contribution in [0.1, 0.15) is 45.4 Å². The maximum atomic E-state index is 9.56. The van der Waals surface area contributed by atoms with Gasteiger partial charge >= 0.3 is 0 Å².